The molecule has 0 bridgehead atoms. The Balaban J connectivity index is 2.62. The van der Waals surface area contributed by atoms with Crippen LogP contribution in [0, 0.1) is 0 Å². The molecule has 0 saturated carbocycles. The van der Waals surface area contributed by atoms with Gasteiger partial charge in [0.1, 0.15) is 5.75 Å². The molecule has 0 saturated heterocycles. The third-order valence-corrected chi connectivity index (χ3v) is 3.41. The molecule has 0 aliphatic heterocycles. The van der Waals surface area contributed by atoms with Crippen LogP contribution in [0.25, 0.3) is 0 Å². The lowest BCUT2D eigenvalue weighted by Gasteiger charge is -2.30. The third kappa shape index (κ3) is 4.82. The second kappa shape index (κ2) is 8.15. The molecule has 108 valence electrons. The SMILES string of the molecule is CCN(CC(N)c1ccc(OC)cc1)C(C)COC. The van der Waals surface area contributed by atoms with Crippen molar-refractivity contribution in [2.45, 2.75) is 25.9 Å². The lowest BCUT2D eigenvalue weighted by atomic mass is 10.1. The van der Waals surface area contributed by atoms with Gasteiger partial charge in [-0.1, -0.05) is 19.1 Å². The van der Waals surface area contributed by atoms with Gasteiger partial charge in [0.25, 0.3) is 0 Å². The van der Waals surface area contributed by atoms with Gasteiger partial charge in [-0.25, -0.2) is 0 Å². The third-order valence-electron chi connectivity index (χ3n) is 3.41. The van der Waals surface area contributed by atoms with Gasteiger partial charge >= 0.3 is 0 Å². The van der Waals surface area contributed by atoms with E-state index in [1.54, 1.807) is 14.2 Å². The minimum absolute atomic E-state index is 0.00478. The molecule has 4 heteroatoms. The summed E-state index contributed by atoms with van der Waals surface area (Å²) >= 11 is 0. The van der Waals surface area contributed by atoms with Crippen LogP contribution in [0.5, 0.6) is 5.75 Å². The quantitative estimate of drug-likeness (QED) is 0.782. The van der Waals surface area contributed by atoms with Gasteiger partial charge in [0.05, 0.1) is 13.7 Å². The Morgan fingerprint density at radius 2 is 1.84 bits per heavy atom. The molecule has 0 amide bonds. The van der Waals surface area contributed by atoms with Crippen LogP contribution in [0.3, 0.4) is 0 Å². The van der Waals surface area contributed by atoms with Gasteiger partial charge in [0.15, 0.2) is 0 Å². The summed E-state index contributed by atoms with van der Waals surface area (Å²) in [5.74, 6) is 0.857. The van der Waals surface area contributed by atoms with Crippen molar-refractivity contribution < 1.29 is 9.47 Å². The van der Waals surface area contributed by atoms with Crippen LogP contribution in [-0.4, -0.2) is 44.9 Å². The van der Waals surface area contributed by atoms with E-state index in [9.17, 15) is 0 Å². The summed E-state index contributed by atoms with van der Waals surface area (Å²) in [6, 6.07) is 8.33. The van der Waals surface area contributed by atoms with Crippen LogP contribution in [0.1, 0.15) is 25.5 Å². The number of benzene rings is 1. The summed E-state index contributed by atoms with van der Waals surface area (Å²) in [5.41, 5.74) is 7.40. The zero-order chi connectivity index (χ0) is 14.3. The Morgan fingerprint density at radius 1 is 1.21 bits per heavy atom. The molecule has 0 aliphatic carbocycles. The Bertz CT molecular complexity index is 354. The number of methoxy groups -OCH3 is 2. The van der Waals surface area contributed by atoms with Gasteiger partial charge < -0.3 is 15.2 Å². The van der Waals surface area contributed by atoms with Gasteiger partial charge in [-0.2, -0.15) is 0 Å². The number of rotatable bonds is 8. The maximum absolute atomic E-state index is 6.27. The van der Waals surface area contributed by atoms with E-state index in [0.29, 0.717) is 6.04 Å². The molecule has 2 unspecified atom stereocenters. The molecular weight excluding hydrogens is 240 g/mol. The highest BCUT2D eigenvalue weighted by atomic mass is 16.5. The molecular formula is C15H26N2O2. The maximum atomic E-state index is 6.27. The second-order valence-electron chi connectivity index (χ2n) is 4.77. The molecule has 1 aromatic rings. The van der Waals surface area contributed by atoms with Crippen molar-refractivity contribution in [2.24, 2.45) is 5.73 Å². The van der Waals surface area contributed by atoms with Gasteiger partial charge in [-0.3, -0.25) is 4.90 Å². The van der Waals surface area contributed by atoms with Crippen LogP contribution < -0.4 is 10.5 Å². The molecule has 0 radical (unpaired) electrons. The molecule has 2 N–H and O–H groups in total. The fourth-order valence-corrected chi connectivity index (χ4v) is 2.18. The first-order valence-corrected chi connectivity index (χ1v) is 6.74. The molecule has 0 fully saturated rings. The maximum Gasteiger partial charge on any atom is 0.118 e. The summed E-state index contributed by atoms with van der Waals surface area (Å²) in [4.78, 5) is 2.33. The van der Waals surface area contributed by atoms with Crippen molar-refractivity contribution in [3.05, 3.63) is 29.8 Å². The van der Waals surface area contributed by atoms with Crippen molar-refractivity contribution in [2.75, 3.05) is 33.9 Å². The van der Waals surface area contributed by atoms with Crippen molar-refractivity contribution >= 4 is 0 Å². The van der Waals surface area contributed by atoms with E-state index in [-0.39, 0.29) is 6.04 Å². The van der Waals surface area contributed by atoms with Crippen LogP contribution in [-0.2, 0) is 4.74 Å². The lowest BCUT2D eigenvalue weighted by molar-refractivity contribution is 0.0986. The lowest BCUT2D eigenvalue weighted by Crippen LogP contribution is -2.40. The van der Waals surface area contributed by atoms with E-state index in [4.69, 9.17) is 15.2 Å². The summed E-state index contributed by atoms with van der Waals surface area (Å²) in [7, 11) is 3.40. The molecule has 0 spiro atoms. The molecule has 0 heterocycles. The number of hydrogen-bond acceptors (Lipinski definition) is 4. The fraction of sp³-hybridized carbons (Fsp3) is 0.600. The first kappa shape index (κ1) is 16.0. The highest BCUT2D eigenvalue weighted by molar-refractivity contribution is 5.29. The summed E-state index contributed by atoms with van der Waals surface area (Å²) in [6.07, 6.45) is 0. The van der Waals surface area contributed by atoms with Crippen molar-refractivity contribution in [1.82, 2.24) is 4.90 Å². The Kier molecular flexibility index (Phi) is 6.84. The van der Waals surface area contributed by atoms with E-state index >= 15 is 0 Å². The zero-order valence-corrected chi connectivity index (χ0v) is 12.4. The number of nitrogens with zero attached hydrogens (tertiary/aromatic N) is 1. The smallest absolute Gasteiger partial charge is 0.118 e. The van der Waals surface area contributed by atoms with E-state index in [1.807, 2.05) is 24.3 Å². The van der Waals surface area contributed by atoms with E-state index in [0.717, 1.165) is 31.0 Å². The van der Waals surface area contributed by atoms with Crippen LogP contribution in [0.4, 0.5) is 0 Å². The molecule has 19 heavy (non-hydrogen) atoms. The van der Waals surface area contributed by atoms with Gasteiger partial charge in [0.2, 0.25) is 0 Å². The number of ether oxygens (including phenoxy) is 2. The number of likely N-dealkylation sites (N-methyl/N-ethyl adjacent to an activating group) is 1. The van der Waals surface area contributed by atoms with Gasteiger partial charge in [0, 0.05) is 25.7 Å². The molecule has 4 nitrogen and oxygen atoms in total. The van der Waals surface area contributed by atoms with E-state index in [1.165, 1.54) is 0 Å². The minimum Gasteiger partial charge on any atom is -0.497 e. The molecule has 1 rings (SSSR count). The average molecular weight is 266 g/mol. The summed E-state index contributed by atoms with van der Waals surface area (Å²) in [5, 5.41) is 0. The van der Waals surface area contributed by atoms with Crippen molar-refractivity contribution in [1.29, 1.82) is 0 Å². The van der Waals surface area contributed by atoms with Crippen molar-refractivity contribution in [3.8, 4) is 5.75 Å². The van der Waals surface area contributed by atoms with Gasteiger partial charge in [-0.05, 0) is 31.2 Å². The minimum atomic E-state index is 0.00478. The van der Waals surface area contributed by atoms with Crippen LogP contribution >= 0.6 is 0 Å². The standard InChI is InChI=1S/C15H26N2O2/c1-5-17(12(2)11-18-3)10-15(16)13-6-8-14(19-4)9-7-13/h6-9,12,15H,5,10-11,16H2,1-4H3. The highest BCUT2D eigenvalue weighted by Gasteiger charge is 2.16. The normalized spacial score (nSPS) is 14.4. The second-order valence-corrected chi connectivity index (χ2v) is 4.77. The van der Waals surface area contributed by atoms with Crippen LogP contribution in [0.15, 0.2) is 24.3 Å². The zero-order valence-electron chi connectivity index (χ0n) is 12.4. The predicted molar refractivity (Wildman–Crippen MR) is 78.5 cm³/mol. The number of nitrogens with two attached hydrogens (primary N) is 1. The molecule has 0 aliphatic rings. The predicted octanol–water partition coefficient (Wildman–Crippen LogP) is 2.05. The largest absolute Gasteiger partial charge is 0.497 e. The molecule has 0 aromatic heterocycles. The Labute approximate surface area is 116 Å². The Hall–Kier alpha value is -1.10. The molecule has 1 aromatic carbocycles. The van der Waals surface area contributed by atoms with Crippen LogP contribution in [0.2, 0.25) is 0 Å². The average Bonchev–Trinajstić information content (AvgIpc) is 2.44. The summed E-state index contributed by atoms with van der Waals surface area (Å²) < 4.78 is 10.4. The van der Waals surface area contributed by atoms with Gasteiger partial charge in [-0.15, -0.1) is 0 Å². The fourth-order valence-electron chi connectivity index (χ4n) is 2.18. The Morgan fingerprint density at radius 3 is 2.32 bits per heavy atom. The number of hydrogen-bond donors (Lipinski definition) is 1. The van der Waals surface area contributed by atoms with Crippen molar-refractivity contribution in [3.63, 3.8) is 0 Å². The first-order chi connectivity index (χ1) is 9.12. The van der Waals surface area contributed by atoms with E-state index < -0.39 is 0 Å². The summed E-state index contributed by atoms with van der Waals surface area (Å²) in [6.45, 7) is 6.82. The first-order valence-electron chi connectivity index (χ1n) is 6.74. The monoisotopic (exact) mass is 266 g/mol. The molecule has 2 atom stereocenters. The topological polar surface area (TPSA) is 47.7 Å². The van der Waals surface area contributed by atoms with E-state index in [2.05, 4.69) is 18.7 Å². The highest BCUT2D eigenvalue weighted by Crippen LogP contribution is 2.17.